The summed E-state index contributed by atoms with van der Waals surface area (Å²) in [5.41, 5.74) is -0.390. The van der Waals surface area contributed by atoms with E-state index in [0.29, 0.717) is 11.4 Å². The Balaban J connectivity index is 2.07. The standard InChI is InChI=1S/C12H11F3N4O/c1-20-9-2-4-16-8(6-9)7-18-11-17-5-3-10(19-11)12(13,14)15/h2-6H,7H2,1H3,(H,17,18,19). The van der Waals surface area contributed by atoms with E-state index in [4.69, 9.17) is 4.74 Å². The number of hydrogen-bond acceptors (Lipinski definition) is 5. The minimum absolute atomic E-state index is 0.107. The number of methoxy groups -OCH3 is 1. The molecule has 2 aromatic rings. The monoisotopic (exact) mass is 284 g/mol. The molecule has 0 saturated heterocycles. The Hall–Kier alpha value is -2.38. The number of hydrogen-bond donors (Lipinski definition) is 1. The van der Waals surface area contributed by atoms with E-state index in [1.807, 2.05) is 0 Å². The minimum Gasteiger partial charge on any atom is -0.497 e. The Kier molecular flexibility index (Phi) is 4.02. The molecule has 106 valence electrons. The normalized spacial score (nSPS) is 11.2. The largest absolute Gasteiger partial charge is 0.497 e. The molecule has 0 aliphatic rings. The third kappa shape index (κ3) is 3.56. The van der Waals surface area contributed by atoms with Crippen molar-refractivity contribution in [3.63, 3.8) is 0 Å². The van der Waals surface area contributed by atoms with Crippen LogP contribution in [0.5, 0.6) is 5.75 Å². The molecular formula is C12H11F3N4O. The van der Waals surface area contributed by atoms with Crippen molar-refractivity contribution in [2.75, 3.05) is 12.4 Å². The van der Waals surface area contributed by atoms with Gasteiger partial charge in [-0.2, -0.15) is 13.2 Å². The first-order valence-electron chi connectivity index (χ1n) is 5.62. The second-order valence-corrected chi connectivity index (χ2v) is 3.80. The van der Waals surface area contributed by atoms with Gasteiger partial charge < -0.3 is 10.1 Å². The number of pyridine rings is 1. The lowest BCUT2D eigenvalue weighted by Crippen LogP contribution is -2.11. The number of aromatic nitrogens is 3. The third-order valence-corrected chi connectivity index (χ3v) is 2.40. The fourth-order valence-electron chi connectivity index (χ4n) is 1.45. The zero-order valence-electron chi connectivity index (χ0n) is 10.5. The van der Waals surface area contributed by atoms with Crippen molar-refractivity contribution in [2.45, 2.75) is 12.7 Å². The summed E-state index contributed by atoms with van der Waals surface area (Å²) in [7, 11) is 1.52. The van der Waals surface area contributed by atoms with E-state index in [0.717, 1.165) is 12.3 Å². The van der Waals surface area contributed by atoms with Gasteiger partial charge in [-0.1, -0.05) is 0 Å². The lowest BCUT2D eigenvalue weighted by Gasteiger charge is -2.08. The summed E-state index contributed by atoms with van der Waals surface area (Å²) in [6, 6.07) is 4.15. The van der Waals surface area contributed by atoms with Gasteiger partial charge in [-0.05, 0) is 12.1 Å². The van der Waals surface area contributed by atoms with Gasteiger partial charge in [0.05, 0.1) is 19.3 Å². The molecule has 0 aliphatic carbocycles. The molecule has 0 amide bonds. The number of alkyl halides is 3. The molecule has 0 spiro atoms. The quantitative estimate of drug-likeness (QED) is 0.934. The number of halogens is 3. The van der Waals surface area contributed by atoms with Crippen molar-refractivity contribution in [1.29, 1.82) is 0 Å². The number of rotatable bonds is 4. The summed E-state index contributed by atoms with van der Waals surface area (Å²) >= 11 is 0. The molecule has 0 saturated carbocycles. The smallest absolute Gasteiger partial charge is 0.433 e. The van der Waals surface area contributed by atoms with Gasteiger partial charge >= 0.3 is 6.18 Å². The number of anilines is 1. The Bertz CT molecular complexity index is 589. The maximum Gasteiger partial charge on any atom is 0.433 e. The van der Waals surface area contributed by atoms with Gasteiger partial charge in [-0.3, -0.25) is 4.98 Å². The Labute approximate surface area is 112 Å². The van der Waals surface area contributed by atoms with E-state index < -0.39 is 11.9 Å². The third-order valence-electron chi connectivity index (χ3n) is 2.40. The molecule has 0 atom stereocenters. The van der Waals surface area contributed by atoms with Gasteiger partial charge in [0.1, 0.15) is 11.4 Å². The highest BCUT2D eigenvalue weighted by atomic mass is 19.4. The molecule has 20 heavy (non-hydrogen) atoms. The van der Waals surface area contributed by atoms with Crippen molar-refractivity contribution >= 4 is 5.95 Å². The van der Waals surface area contributed by atoms with Crippen LogP contribution in [0.3, 0.4) is 0 Å². The molecular weight excluding hydrogens is 273 g/mol. The first-order valence-corrected chi connectivity index (χ1v) is 5.62. The topological polar surface area (TPSA) is 59.9 Å². The average Bonchev–Trinajstić information content (AvgIpc) is 2.45. The number of ether oxygens (including phenoxy) is 1. The molecule has 1 N–H and O–H groups in total. The van der Waals surface area contributed by atoms with Crippen LogP contribution in [-0.2, 0) is 12.7 Å². The zero-order valence-corrected chi connectivity index (χ0v) is 10.5. The van der Waals surface area contributed by atoms with Crippen molar-refractivity contribution in [3.05, 3.63) is 42.0 Å². The predicted octanol–water partition coefficient (Wildman–Crippen LogP) is 2.51. The molecule has 2 aromatic heterocycles. The Morgan fingerprint density at radius 3 is 2.65 bits per heavy atom. The van der Waals surface area contributed by atoms with Crippen LogP contribution in [0.2, 0.25) is 0 Å². The van der Waals surface area contributed by atoms with Crippen molar-refractivity contribution in [2.24, 2.45) is 0 Å². The van der Waals surface area contributed by atoms with Crippen LogP contribution in [0.4, 0.5) is 19.1 Å². The van der Waals surface area contributed by atoms with Crippen LogP contribution in [0.1, 0.15) is 11.4 Å². The summed E-state index contributed by atoms with van der Waals surface area (Å²) in [4.78, 5) is 11.2. The summed E-state index contributed by atoms with van der Waals surface area (Å²) in [6.07, 6.45) is -1.90. The van der Waals surface area contributed by atoms with Gasteiger partial charge in [0, 0.05) is 18.5 Å². The highest BCUT2D eigenvalue weighted by molar-refractivity contribution is 5.29. The van der Waals surface area contributed by atoms with Gasteiger partial charge in [-0.15, -0.1) is 0 Å². The Morgan fingerprint density at radius 1 is 1.20 bits per heavy atom. The molecule has 0 fully saturated rings. The summed E-state index contributed by atoms with van der Waals surface area (Å²) in [5, 5.41) is 2.68. The van der Waals surface area contributed by atoms with E-state index in [1.165, 1.54) is 7.11 Å². The van der Waals surface area contributed by atoms with Crippen molar-refractivity contribution in [1.82, 2.24) is 15.0 Å². The van der Waals surface area contributed by atoms with E-state index in [2.05, 4.69) is 20.3 Å². The van der Waals surface area contributed by atoms with E-state index in [1.54, 1.807) is 18.3 Å². The van der Waals surface area contributed by atoms with Crippen LogP contribution in [-0.4, -0.2) is 22.1 Å². The van der Waals surface area contributed by atoms with Crippen LogP contribution < -0.4 is 10.1 Å². The van der Waals surface area contributed by atoms with Crippen LogP contribution in [0, 0.1) is 0 Å². The average molecular weight is 284 g/mol. The predicted molar refractivity (Wildman–Crippen MR) is 65.1 cm³/mol. The highest BCUT2D eigenvalue weighted by Gasteiger charge is 2.32. The van der Waals surface area contributed by atoms with E-state index >= 15 is 0 Å². The fourth-order valence-corrected chi connectivity index (χ4v) is 1.45. The van der Waals surface area contributed by atoms with Gasteiger partial charge in [0.15, 0.2) is 0 Å². The Morgan fingerprint density at radius 2 is 1.95 bits per heavy atom. The lowest BCUT2D eigenvalue weighted by atomic mass is 10.3. The SMILES string of the molecule is COc1ccnc(CNc2nccc(C(F)(F)F)n2)c1. The molecule has 5 nitrogen and oxygen atoms in total. The van der Waals surface area contributed by atoms with Crippen LogP contribution in [0.15, 0.2) is 30.6 Å². The van der Waals surface area contributed by atoms with Crippen LogP contribution >= 0.6 is 0 Å². The highest BCUT2D eigenvalue weighted by Crippen LogP contribution is 2.27. The second-order valence-electron chi connectivity index (χ2n) is 3.80. The van der Waals surface area contributed by atoms with Crippen molar-refractivity contribution < 1.29 is 17.9 Å². The maximum absolute atomic E-state index is 12.5. The number of nitrogens with zero attached hydrogens (tertiary/aromatic N) is 3. The molecule has 0 aromatic carbocycles. The fraction of sp³-hybridized carbons (Fsp3) is 0.250. The number of nitrogens with one attached hydrogen (secondary N) is 1. The summed E-state index contributed by atoms with van der Waals surface area (Å²) < 4.78 is 42.5. The molecule has 0 unspecified atom stereocenters. The zero-order chi connectivity index (χ0) is 14.6. The molecule has 2 heterocycles. The summed E-state index contributed by atoms with van der Waals surface area (Å²) in [5.74, 6) is 0.506. The van der Waals surface area contributed by atoms with E-state index in [9.17, 15) is 13.2 Å². The second kappa shape index (κ2) is 5.72. The van der Waals surface area contributed by atoms with Gasteiger partial charge in [0.25, 0.3) is 0 Å². The van der Waals surface area contributed by atoms with Gasteiger partial charge in [0.2, 0.25) is 5.95 Å². The summed E-state index contributed by atoms with van der Waals surface area (Å²) in [6.45, 7) is 0.193. The molecule has 0 radical (unpaired) electrons. The minimum atomic E-state index is -4.49. The lowest BCUT2D eigenvalue weighted by molar-refractivity contribution is -0.141. The first-order chi connectivity index (χ1) is 9.49. The molecule has 8 heteroatoms. The molecule has 0 bridgehead atoms. The van der Waals surface area contributed by atoms with Crippen molar-refractivity contribution in [3.8, 4) is 5.75 Å². The van der Waals surface area contributed by atoms with Gasteiger partial charge in [-0.25, -0.2) is 9.97 Å². The first kappa shape index (κ1) is 14.0. The van der Waals surface area contributed by atoms with E-state index in [-0.39, 0.29) is 12.5 Å². The molecule has 0 aliphatic heterocycles. The molecule has 2 rings (SSSR count). The van der Waals surface area contributed by atoms with Crippen LogP contribution in [0.25, 0.3) is 0 Å². The maximum atomic E-state index is 12.5.